The van der Waals surface area contributed by atoms with Gasteiger partial charge in [-0.2, -0.15) is 0 Å². The molecule has 1 aromatic carbocycles. The van der Waals surface area contributed by atoms with Gasteiger partial charge in [-0.15, -0.1) is 11.8 Å². The number of hydrogen-bond donors (Lipinski definition) is 2. The van der Waals surface area contributed by atoms with Crippen LogP contribution in [0.15, 0.2) is 29.2 Å². The number of rotatable bonds is 10. The normalized spacial score (nSPS) is 26.4. The largest absolute Gasteiger partial charge is 0.480 e. The second-order valence-electron chi connectivity index (χ2n) is 10.3. The van der Waals surface area contributed by atoms with Gasteiger partial charge in [0.1, 0.15) is 6.04 Å². The maximum absolute atomic E-state index is 11.5. The molecule has 2 aliphatic rings. The molecule has 0 amide bonds. The summed E-state index contributed by atoms with van der Waals surface area (Å²) in [5, 5.41) is 12.9. The number of aryl methyl sites for hydroxylation is 1. The molecule has 1 aromatic rings. The summed E-state index contributed by atoms with van der Waals surface area (Å²) >= 11 is 2.00. The van der Waals surface area contributed by atoms with Crippen LogP contribution < -0.4 is 5.32 Å². The van der Waals surface area contributed by atoms with Crippen molar-refractivity contribution in [2.75, 3.05) is 25.4 Å². The lowest BCUT2D eigenvalue weighted by Gasteiger charge is -2.34. The number of carboxylic acid groups (broad SMARTS) is 1. The minimum absolute atomic E-state index is 0.120. The average molecular weight is 447 g/mol. The van der Waals surface area contributed by atoms with Crippen LogP contribution in [0.5, 0.6) is 0 Å². The number of piperidine rings is 1. The Hall–Kier alpha value is -1.04. The number of carbonyl (C=O) groups is 1. The summed E-state index contributed by atoms with van der Waals surface area (Å²) in [4.78, 5) is 15.6. The van der Waals surface area contributed by atoms with E-state index >= 15 is 0 Å². The van der Waals surface area contributed by atoms with Gasteiger partial charge >= 0.3 is 5.97 Å². The van der Waals surface area contributed by atoms with Crippen molar-refractivity contribution in [1.29, 1.82) is 0 Å². The summed E-state index contributed by atoms with van der Waals surface area (Å²) in [6.07, 6.45) is 6.19. The molecule has 0 radical (unpaired) electrons. The molecule has 31 heavy (non-hydrogen) atoms. The SMILES string of the molecule is Cc1ccc(SCCC2CCN(CC3CC(NC(C(=O)O)C(C)C)CC3C)CC2)cc1. The van der Waals surface area contributed by atoms with E-state index in [1.165, 1.54) is 55.1 Å². The molecule has 1 aliphatic carbocycles. The Kier molecular flexibility index (Phi) is 9.30. The van der Waals surface area contributed by atoms with Crippen LogP contribution in [0.25, 0.3) is 0 Å². The van der Waals surface area contributed by atoms with Gasteiger partial charge in [0, 0.05) is 17.5 Å². The fourth-order valence-electron chi connectivity index (χ4n) is 5.30. The number of hydrogen-bond acceptors (Lipinski definition) is 4. The highest BCUT2D eigenvalue weighted by molar-refractivity contribution is 7.99. The maximum atomic E-state index is 11.5. The molecule has 2 fully saturated rings. The van der Waals surface area contributed by atoms with Crippen molar-refractivity contribution in [2.45, 2.75) is 76.8 Å². The first-order chi connectivity index (χ1) is 14.8. The van der Waals surface area contributed by atoms with Crippen LogP contribution in [-0.2, 0) is 4.79 Å². The molecule has 4 unspecified atom stereocenters. The second kappa shape index (κ2) is 11.7. The van der Waals surface area contributed by atoms with Crippen molar-refractivity contribution in [3.63, 3.8) is 0 Å². The molecule has 1 saturated heterocycles. The zero-order valence-corrected chi connectivity index (χ0v) is 20.7. The highest BCUT2D eigenvalue weighted by Crippen LogP contribution is 2.34. The molecule has 4 nitrogen and oxygen atoms in total. The van der Waals surface area contributed by atoms with E-state index in [0.29, 0.717) is 17.9 Å². The molecular formula is C26H42N2O2S. The van der Waals surface area contributed by atoms with Gasteiger partial charge in [-0.1, -0.05) is 38.5 Å². The molecule has 0 bridgehead atoms. The summed E-state index contributed by atoms with van der Waals surface area (Å²) < 4.78 is 0. The standard InChI is InChI=1S/C26H42N2O2S/c1-18(2)25(26(29)30)27-23-15-20(4)22(16-23)17-28-12-9-21(10-13-28)11-14-31-24-7-5-19(3)6-8-24/h5-8,18,20-23,25,27H,9-17H2,1-4H3,(H,29,30). The van der Waals surface area contributed by atoms with Crippen LogP contribution >= 0.6 is 11.8 Å². The van der Waals surface area contributed by atoms with E-state index < -0.39 is 12.0 Å². The number of thioether (sulfide) groups is 1. The Balaban J connectivity index is 1.35. The first-order valence-corrected chi connectivity index (χ1v) is 13.2. The summed E-state index contributed by atoms with van der Waals surface area (Å²) in [6.45, 7) is 12.1. The molecule has 174 valence electrons. The number of carboxylic acids is 1. The van der Waals surface area contributed by atoms with E-state index in [9.17, 15) is 9.90 Å². The van der Waals surface area contributed by atoms with Gasteiger partial charge in [-0.3, -0.25) is 4.79 Å². The molecule has 0 aromatic heterocycles. The molecule has 1 aliphatic heterocycles. The van der Waals surface area contributed by atoms with E-state index in [0.717, 1.165) is 18.8 Å². The van der Waals surface area contributed by atoms with Crippen LogP contribution in [0, 0.1) is 30.6 Å². The predicted molar refractivity (Wildman–Crippen MR) is 131 cm³/mol. The van der Waals surface area contributed by atoms with Gasteiger partial charge in [-0.05, 0) is 93.7 Å². The van der Waals surface area contributed by atoms with Crippen molar-refractivity contribution in [2.24, 2.45) is 23.7 Å². The average Bonchev–Trinajstić information content (AvgIpc) is 3.07. The van der Waals surface area contributed by atoms with E-state index in [2.05, 4.69) is 48.3 Å². The van der Waals surface area contributed by atoms with Gasteiger partial charge in [0.05, 0.1) is 0 Å². The van der Waals surface area contributed by atoms with Crippen molar-refractivity contribution >= 4 is 17.7 Å². The minimum atomic E-state index is -0.714. The molecule has 3 rings (SSSR count). The third-order valence-corrected chi connectivity index (χ3v) is 8.46. The lowest BCUT2D eigenvalue weighted by molar-refractivity contribution is -0.140. The van der Waals surface area contributed by atoms with Gasteiger partial charge in [0.25, 0.3) is 0 Å². The Bertz CT molecular complexity index is 685. The fourth-order valence-corrected chi connectivity index (χ4v) is 6.31. The summed E-state index contributed by atoms with van der Waals surface area (Å²) in [7, 11) is 0. The first-order valence-electron chi connectivity index (χ1n) is 12.2. The fraction of sp³-hybridized carbons (Fsp3) is 0.731. The number of nitrogens with zero attached hydrogens (tertiary/aromatic N) is 1. The zero-order chi connectivity index (χ0) is 22.4. The molecule has 4 atom stereocenters. The molecule has 2 N–H and O–H groups in total. The number of benzene rings is 1. The Labute approximate surface area is 193 Å². The van der Waals surface area contributed by atoms with E-state index in [4.69, 9.17) is 0 Å². The minimum Gasteiger partial charge on any atom is -0.480 e. The number of aliphatic carboxylic acids is 1. The quantitative estimate of drug-likeness (QED) is 0.478. The molecule has 5 heteroatoms. The molecule has 0 spiro atoms. The van der Waals surface area contributed by atoms with Crippen LogP contribution in [0.1, 0.15) is 58.4 Å². The van der Waals surface area contributed by atoms with Crippen LogP contribution in [0.2, 0.25) is 0 Å². The summed E-state index contributed by atoms with van der Waals surface area (Å²) in [5.74, 6) is 2.85. The maximum Gasteiger partial charge on any atom is 0.320 e. The van der Waals surface area contributed by atoms with Gasteiger partial charge < -0.3 is 15.3 Å². The van der Waals surface area contributed by atoms with Crippen molar-refractivity contribution in [1.82, 2.24) is 10.2 Å². The topological polar surface area (TPSA) is 52.6 Å². The third-order valence-electron chi connectivity index (χ3n) is 7.41. The lowest BCUT2D eigenvalue weighted by atomic mass is 9.92. The van der Waals surface area contributed by atoms with Gasteiger partial charge in [0.2, 0.25) is 0 Å². The number of likely N-dealkylation sites (tertiary alicyclic amines) is 1. The molecule has 1 saturated carbocycles. The smallest absolute Gasteiger partial charge is 0.320 e. The van der Waals surface area contributed by atoms with Crippen LogP contribution in [0.4, 0.5) is 0 Å². The van der Waals surface area contributed by atoms with Gasteiger partial charge in [-0.25, -0.2) is 0 Å². The van der Waals surface area contributed by atoms with Crippen molar-refractivity contribution in [3.05, 3.63) is 29.8 Å². The van der Waals surface area contributed by atoms with E-state index in [1.807, 2.05) is 25.6 Å². The Morgan fingerprint density at radius 1 is 1.19 bits per heavy atom. The Morgan fingerprint density at radius 3 is 2.48 bits per heavy atom. The third kappa shape index (κ3) is 7.50. The van der Waals surface area contributed by atoms with Crippen molar-refractivity contribution in [3.8, 4) is 0 Å². The molecule has 1 heterocycles. The lowest BCUT2D eigenvalue weighted by Crippen LogP contribution is -2.46. The van der Waals surface area contributed by atoms with Gasteiger partial charge in [0.15, 0.2) is 0 Å². The second-order valence-corrected chi connectivity index (χ2v) is 11.5. The first kappa shape index (κ1) is 24.6. The highest BCUT2D eigenvalue weighted by Gasteiger charge is 2.35. The Morgan fingerprint density at radius 2 is 1.87 bits per heavy atom. The van der Waals surface area contributed by atoms with E-state index in [1.54, 1.807) is 0 Å². The highest BCUT2D eigenvalue weighted by atomic mass is 32.2. The molecular weight excluding hydrogens is 404 g/mol. The van der Waals surface area contributed by atoms with E-state index in [-0.39, 0.29) is 5.92 Å². The number of nitrogens with one attached hydrogen (secondary N) is 1. The predicted octanol–water partition coefficient (Wildman–Crippen LogP) is 5.30. The summed E-state index contributed by atoms with van der Waals surface area (Å²) in [6, 6.07) is 8.82. The van der Waals surface area contributed by atoms with Crippen LogP contribution in [-0.4, -0.2) is 53.4 Å². The summed E-state index contributed by atoms with van der Waals surface area (Å²) in [5.41, 5.74) is 1.33. The zero-order valence-electron chi connectivity index (χ0n) is 19.8. The van der Waals surface area contributed by atoms with Crippen LogP contribution in [0.3, 0.4) is 0 Å². The monoisotopic (exact) mass is 446 g/mol. The van der Waals surface area contributed by atoms with Crippen molar-refractivity contribution < 1.29 is 9.90 Å².